The summed E-state index contributed by atoms with van der Waals surface area (Å²) in [5.41, 5.74) is 6.56. The Balaban J connectivity index is 1.84. The quantitative estimate of drug-likeness (QED) is 0.523. The van der Waals surface area contributed by atoms with E-state index in [1.165, 1.54) is 5.56 Å². The smallest absolute Gasteiger partial charge is 0.170 e. The number of thiocarbonyl (C=S) groups is 1. The maximum Gasteiger partial charge on any atom is 0.170 e. The molecule has 1 aliphatic heterocycles. The first kappa shape index (κ1) is 21.8. The van der Waals surface area contributed by atoms with Gasteiger partial charge in [-0.15, -0.1) is 0 Å². The highest BCUT2D eigenvalue weighted by Crippen LogP contribution is 2.41. The molecule has 1 saturated heterocycles. The van der Waals surface area contributed by atoms with Crippen molar-refractivity contribution in [3.63, 3.8) is 0 Å². The summed E-state index contributed by atoms with van der Waals surface area (Å²) in [6.07, 6.45) is 2.46. The third kappa shape index (κ3) is 3.95. The van der Waals surface area contributed by atoms with E-state index in [-0.39, 0.29) is 18.7 Å². The number of nitrogens with one attached hydrogen (secondary N) is 1. The lowest BCUT2D eigenvalue weighted by Crippen LogP contribution is -2.31. The Morgan fingerprint density at radius 1 is 1.16 bits per heavy atom. The van der Waals surface area contributed by atoms with E-state index in [2.05, 4.69) is 45.7 Å². The van der Waals surface area contributed by atoms with Crippen molar-refractivity contribution in [1.82, 2.24) is 19.8 Å². The Kier molecular flexibility index (Phi) is 6.32. The molecule has 0 aliphatic carbocycles. The van der Waals surface area contributed by atoms with E-state index >= 15 is 0 Å². The van der Waals surface area contributed by atoms with Gasteiger partial charge in [-0.05, 0) is 80.9 Å². The van der Waals surface area contributed by atoms with Crippen LogP contribution in [0.25, 0.3) is 5.69 Å². The lowest BCUT2D eigenvalue weighted by molar-refractivity contribution is 0.247. The maximum atomic E-state index is 9.44. The van der Waals surface area contributed by atoms with Crippen molar-refractivity contribution in [2.45, 2.75) is 39.3 Å². The molecule has 0 unspecified atom stereocenters. The summed E-state index contributed by atoms with van der Waals surface area (Å²) in [7, 11) is 0. The van der Waals surface area contributed by atoms with Gasteiger partial charge in [0.15, 0.2) is 5.11 Å². The Bertz CT molecular complexity index is 1100. The molecule has 7 heteroatoms. The van der Waals surface area contributed by atoms with Crippen molar-refractivity contribution in [1.29, 1.82) is 0 Å². The number of nitrogens with zero attached hydrogens (tertiary/aromatic N) is 3. The Hall–Kier alpha value is -2.41. The molecule has 0 spiro atoms. The van der Waals surface area contributed by atoms with Crippen LogP contribution in [-0.4, -0.2) is 37.8 Å². The Labute approximate surface area is 193 Å². The molecule has 1 fully saturated rings. The number of pyridine rings is 1. The third-order valence-electron chi connectivity index (χ3n) is 6.02. The fourth-order valence-corrected chi connectivity index (χ4v) is 5.02. The first-order valence-corrected chi connectivity index (χ1v) is 11.3. The van der Waals surface area contributed by atoms with Gasteiger partial charge in [0.2, 0.25) is 0 Å². The largest absolute Gasteiger partial charge is 0.396 e. The molecule has 3 heterocycles. The number of rotatable bonds is 6. The van der Waals surface area contributed by atoms with Gasteiger partial charge < -0.3 is 19.9 Å². The molecule has 1 aliphatic rings. The van der Waals surface area contributed by atoms with Crippen LogP contribution >= 0.6 is 23.8 Å². The zero-order valence-corrected chi connectivity index (χ0v) is 19.5. The lowest BCUT2D eigenvalue weighted by atomic mass is 9.96. The molecule has 31 heavy (non-hydrogen) atoms. The van der Waals surface area contributed by atoms with Crippen LogP contribution in [0.5, 0.6) is 0 Å². The molecule has 0 bridgehead atoms. The monoisotopic (exact) mass is 454 g/mol. The van der Waals surface area contributed by atoms with E-state index in [1.807, 2.05) is 43.5 Å². The Morgan fingerprint density at radius 2 is 1.97 bits per heavy atom. The third-order valence-corrected chi connectivity index (χ3v) is 6.79. The lowest BCUT2D eigenvalue weighted by Gasteiger charge is -2.28. The first-order chi connectivity index (χ1) is 14.9. The van der Waals surface area contributed by atoms with Gasteiger partial charge in [-0.25, -0.2) is 0 Å². The van der Waals surface area contributed by atoms with E-state index < -0.39 is 0 Å². The van der Waals surface area contributed by atoms with Crippen LogP contribution < -0.4 is 5.32 Å². The van der Waals surface area contributed by atoms with Crippen molar-refractivity contribution in [2.75, 3.05) is 13.2 Å². The predicted molar refractivity (Wildman–Crippen MR) is 129 cm³/mol. The van der Waals surface area contributed by atoms with Crippen LogP contribution in [0.4, 0.5) is 0 Å². The van der Waals surface area contributed by atoms with Gasteiger partial charge in [-0.1, -0.05) is 23.7 Å². The summed E-state index contributed by atoms with van der Waals surface area (Å²) in [6, 6.07) is 14.1. The van der Waals surface area contributed by atoms with Crippen LogP contribution in [0.3, 0.4) is 0 Å². The SMILES string of the molecule is Cc1c(Cl)cccc1-n1c(C)cc([C@H]2[C@@H](c3ccccn3)NC(=S)N2CCCO)c1C. The maximum absolute atomic E-state index is 9.44. The second kappa shape index (κ2) is 8.99. The van der Waals surface area contributed by atoms with Crippen LogP contribution in [-0.2, 0) is 0 Å². The number of halogens is 1. The molecule has 0 radical (unpaired) electrons. The molecule has 4 rings (SSSR count). The fraction of sp³-hybridized carbons (Fsp3) is 0.333. The number of hydrogen-bond donors (Lipinski definition) is 2. The van der Waals surface area contributed by atoms with E-state index in [0.29, 0.717) is 18.1 Å². The van der Waals surface area contributed by atoms with Crippen molar-refractivity contribution in [2.24, 2.45) is 0 Å². The zero-order chi connectivity index (χ0) is 22.1. The minimum atomic E-state index is -0.0678. The second-order valence-corrected chi connectivity index (χ2v) is 8.74. The minimum Gasteiger partial charge on any atom is -0.396 e. The molecule has 2 aromatic heterocycles. The van der Waals surface area contributed by atoms with E-state index in [4.69, 9.17) is 23.8 Å². The summed E-state index contributed by atoms with van der Waals surface area (Å²) in [4.78, 5) is 6.79. The molecule has 2 atom stereocenters. The van der Waals surface area contributed by atoms with Crippen LogP contribution in [0.15, 0.2) is 48.7 Å². The summed E-state index contributed by atoms with van der Waals surface area (Å²) < 4.78 is 2.26. The molecule has 2 N–H and O–H groups in total. The van der Waals surface area contributed by atoms with Gasteiger partial charge in [0.1, 0.15) is 0 Å². The van der Waals surface area contributed by atoms with Gasteiger partial charge >= 0.3 is 0 Å². The van der Waals surface area contributed by atoms with E-state index in [0.717, 1.165) is 33.4 Å². The number of aliphatic hydroxyl groups excluding tert-OH is 1. The van der Waals surface area contributed by atoms with Crippen molar-refractivity contribution < 1.29 is 5.11 Å². The molecule has 1 aromatic carbocycles. The minimum absolute atomic E-state index is 0.0200. The normalized spacial score (nSPS) is 18.5. The highest BCUT2D eigenvalue weighted by Gasteiger charge is 2.41. The van der Waals surface area contributed by atoms with Gasteiger partial charge in [0.05, 0.1) is 17.8 Å². The average molecular weight is 455 g/mol. The number of benzene rings is 1. The number of aliphatic hydroxyl groups is 1. The average Bonchev–Trinajstić information content (AvgIpc) is 3.24. The highest BCUT2D eigenvalue weighted by molar-refractivity contribution is 7.80. The van der Waals surface area contributed by atoms with Crippen LogP contribution in [0.1, 0.15) is 46.7 Å². The standard InChI is InChI=1S/C24H27ClN4OS/c1-15-14-18(17(3)29(15)21-10-6-8-19(25)16(21)2)23-22(20-9-4-5-11-26-20)27-24(31)28(23)12-7-13-30/h4-6,8-11,14,22-23,30H,7,12-13H2,1-3H3,(H,27,31)/t22-,23+/m1/s1. The van der Waals surface area contributed by atoms with Crippen molar-refractivity contribution in [3.8, 4) is 5.69 Å². The van der Waals surface area contributed by atoms with Crippen LogP contribution in [0.2, 0.25) is 5.02 Å². The first-order valence-electron chi connectivity index (χ1n) is 10.5. The molecule has 162 valence electrons. The predicted octanol–water partition coefficient (Wildman–Crippen LogP) is 4.81. The summed E-state index contributed by atoms with van der Waals surface area (Å²) in [6.45, 7) is 7.11. The summed E-state index contributed by atoms with van der Waals surface area (Å²) in [5, 5.41) is 14.4. The molecule has 0 saturated carbocycles. The topological polar surface area (TPSA) is 53.3 Å². The van der Waals surface area contributed by atoms with Gasteiger partial charge in [0.25, 0.3) is 0 Å². The number of hydrogen-bond acceptors (Lipinski definition) is 3. The van der Waals surface area contributed by atoms with Crippen molar-refractivity contribution in [3.05, 3.63) is 81.9 Å². The summed E-state index contributed by atoms with van der Waals surface area (Å²) in [5.74, 6) is 0. The molecule has 3 aromatic rings. The molecular weight excluding hydrogens is 428 g/mol. The summed E-state index contributed by atoms with van der Waals surface area (Å²) >= 11 is 12.1. The van der Waals surface area contributed by atoms with Gasteiger partial charge in [-0.2, -0.15) is 0 Å². The van der Waals surface area contributed by atoms with E-state index in [9.17, 15) is 5.11 Å². The van der Waals surface area contributed by atoms with E-state index in [1.54, 1.807) is 0 Å². The van der Waals surface area contributed by atoms with Crippen molar-refractivity contribution >= 4 is 28.9 Å². The Morgan fingerprint density at radius 3 is 2.68 bits per heavy atom. The van der Waals surface area contributed by atoms with Gasteiger partial charge in [0, 0.05) is 41.4 Å². The zero-order valence-electron chi connectivity index (χ0n) is 18.0. The molecule has 5 nitrogen and oxygen atoms in total. The fourth-order valence-electron chi connectivity index (χ4n) is 4.52. The molecular formula is C24H27ClN4OS. The molecule has 0 amide bonds. The number of aryl methyl sites for hydroxylation is 1. The highest BCUT2D eigenvalue weighted by atomic mass is 35.5. The van der Waals surface area contributed by atoms with Gasteiger partial charge in [-0.3, -0.25) is 4.98 Å². The number of aromatic nitrogens is 2. The van der Waals surface area contributed by atoms with Crippen LogP contribution in [0, 0.1) is 20.8 Å². The second-order valence-electron chi connectivity index (χ2n) is 7.94.